The number of rotatable bonds is 6. The molecule has 0 saturated carbocycles. The summed E-state index contributed by atoms with van der Waals surface area (Å²) in [6.45, 7) is 4.96. The fraction of sp³-hybridized carbons (Fsp3) is 0.316. The zero-order valence-corrected chi connectivity index (χ0v) is 17.9. The number of amides is 1. The van der Waals surface area contributed by atoms with Crippen molar-refractivity contribution in [3.05, 3.63) is 36.2 Å². The van der Waals surface area contributed by atoms with Crippen molar-refractivity contribution >= 4 is 34.1 Å². The van der Waals surface area contributed by atoms with E-state index in [2.05, 4.69) is 24.6 Å². The molecule has 3 heterocycles. The van der Waals surface area contributed by atoms with E-state index in [1.165, 1.54) is 20.2 Å². The number of nitrogens with zero attached hydrogens (tertiary/aromatic N) is 5. The third kappa shape index (κ3) is 5.26. The largest absolute Gasteiger partial charge is 0.489 e. The van der Waals surface area contributed by atoms with Gasteiger partial charge in [-0.2, -0.15) is 22.5 Å². The summed E-state index contributed by atoms with van der Waals surface area (Å²) in [7, 11) is 1.37. The van der Waals surface area contributed by atoms with Crippen LogP contribution in [0.15, 0.2) is 30.6 Å². The Kier molecular flexibility index (Phi) is 6.39. The van der Waals surface area contributed by atoms with Crippen LogP contribution in [0.25, 0.3) is 11.5 Å². The SMILES string of the molecule is CC(=O)N(C)c1cnc(Nc2nc(-c3ncccc3OC(C)C)ns2)c(C(F)(F)F)c1. The van der Waals surface area contributed by atoms with Gasteiger partial charge in [0.05, 0.1) is 18.0 Å². The van der Waals surface area contributed by atoms with Gasteiger partial charge in [0.15, 0.2) is 11.5 Å². The van der Waals surface area contributed by atoms with Gasteiger partial charge in [0.1, 0.15) is 17.1 Å². The summed E-state index contributed by atoms with van der Waals surface area (Å²) in [5, 5.41) is 2.67. The van der Waals surface area contributed by atoms with Crippen molar-refractivity contribution in [1.29, 1.82) is 0 Å². The highest BCUT2D eigenvalue weighted by Gasteiger charge is 2.35. The van der Waals surface area contributed by atoms with E-state index in [9.17, 15) is 18.0 Å². The highest BCUT2D eigenvalue weighted by atomic mass is 32.1. The second-order valence-corrected chi connectivity index (χ2v) is 7.48. The number of anilines is 3. The van der Waals surface area contributed by atoms with Gasteiger partial charge in [-0.25, -0.2) is 9.97 Å². The quantitative estimate of drug-likeness (QED) is 0.587. The van der Waals surface area contributed by atoms with E-state index in [1.54, 1.807) is 18.3 Å². The van der Waals surface area contributed by atoms with Gasteiger partial charge in [0, 0.05) is 31.7 Å². The molecule has 0 bridgehead atoms. The minimum absolute atomic E-state index is 0.0206. The summed E-state index contributed by atoms with van der Waals surface area (Å²) in [6, 6.07) is 4.27. The Balaban J connectivity index is 1.93. The maximum absolute atomic E-state index is 13.6. The average Bonchev–Trinajstić information content (AvgIpc) is 3.15. The minimum atomic E-state index is -4.70. The van der Waals surface area contributed by atoms with Crippen LogP contribution in [0.3, 0.4) is 0 Å². The molecule has 3 aromatic rings. The van der Waals surface area contributed by atoms with Crippen molar-refractivity contribution in [1.82, 2.24) is 19.3 Å². The molecular weight excluding hydrogens is 433 g/mol. The second-order valence-electron chi connectivity index (χ2n) is 6.73. The van der Waals surface area contributed by atoms with Gasteiger partial charge < -0.3 is 15.0 Å². The number of carbonyl (C=O) groups is 1. The number of nitrogens with one attached hydrogen (secondary N) is 1. The Labute approximate surface area is 180 Å². The standard InChI is InChI=1S/C19H19F3N6O2S/c1-10(2)30-14-6-5-7-23-15(14)17-26-18(31-27-17)25-16-13(19(20,21)22)8-12(9-24-16)28(4)11(3)29/h5-10H,1-4H3,(H,24,25,26,27). The Morgan fingerprint density at radius 1 is 1.29 bits per heavy atom. The molecule has 0 spiro atoms. The first-order chi connectivity index (χ1) is 14.6. The average molecular weight is 452 g/mol. The molecule has 0 aliphatic rings. The lowest BCUT2D eigenvalue weighted by Gasteiger charge is -2.18. The molecule has 0 atom stereocenters. The first-order valence-electron chi connectivity index (χ1n) is 9.10. The van der Waals surface area contributed by atoms with Crippen molar-refractivity contribution in [2.24, 2.45) is 0 Å². The molecule has 0 saturated heterocycles. The molecule has 0 aromatic carbocycles. The van der Waals surface area contributed by atoms with Crippen LogP contribution in [-0.4, -0.2) is 38.4 Å². The molecule has 31 heavy (non-hydrogen) atoms. The predicted octanol–water partition coefficient (Wildman–Crippen LogP) is 4.53. The molecule has 3 aromatic heterocycles. The summed E-state index contributed by atoms with van der Waals surface area (Å²) in [5.74, 6) is -0.187. The summed E-state index contributed by atoms with van der Waals surface area (Å²) >= 11 is 0.862. The van der Waals surface area contributed by atoms with E-state index in [4.69, 9.17) is 4.74 Å². The molecule has 3 rings (SSSR count). The molecule has 1 amide bonds. The van der Waals surface area contributed by atoms with E-state index in [-0.39, 0.29) is 22.7 Å². The zero-order chi connectivity index (χ0) is 22.8. The van der Waals surface area contributed by atoms with Crippen molar-refractivity contribution < 1.29 is 22.7 Å². The maximum Gasteiger partial charge on any atom is 0.420 e. The van der Waals surface area contributed by atoms with Crippen LogP contribution < -0.4 is 15.0 Å². The molecule has 12 heteroatoms. The summed E-state index contributed by atoms with van der Waals surface area (Å²) < 4.78 is 50.7. The Morgan fingerprint density at radius 2 is 2.03 bits per heavy atom. The fourth-order valence-corrected chi connectivity index (χ4v) is 3.08. The number of hydrogen-bond acceptors (Lipinski definition) is 8. The third-order valence-electron chi connectivity index (χ3n) is 4.03. The lowest BCUT2D eigenvalue weighted by molar-refractivity contribution is -0.137. The Bertz CT molecular complexity index is 1090. The van der Waals surface area contributed by atoms with E-state index in [0.717, 1.165) is 22.5 Å². The molecule has 0 unspecified atom stereocenters. The third-order valence-corrected chi connectivity index (χ3v) is 4.67. The van der Waals surface area contributed by atoms with Gasteiger partial charge in [-0.15, -0.1) is 0 Å². The zero-order valence-electron chi connectivity index (χ0n) is 17.1. The van der Waals surface area contributed by atoms with Crippen LogP contribution in [0.5, 0.6) is 5.75 Å². The van der Waals surface area contributed by atoms with E-state index >= 15 is 0 Å². The highest BCUT2D eigenvalue weighted by Crippen LogP contribution is 2.37. The topological polar surface area (TPSA) is 93.1 Å². The van der Waals surface area contributed by atoms with Crippen LogP contribution >= 0.6 is 11.5 Å². The number of pyridine rings is 2. The van der Waals surface area contributed by atoms with Crippen LogP contribution in [-0.2, 0) is 11.0 Å². The van der Waals surface area contributed by atoms with Gasteiger partial charge in [-0.3, -0.25) is 4.79 Å². The highest BCUT2D eigenvalue weighted by molar-refractivity contribution is 7.09. The molecule has 164 valence electrons. The first-order valence-corrected chi connectivity index (χ1v) is 9.88. The van der Waals surface area contributed by atoms with E-state index in [0.29, 0.717) is 11.4 Å². The lowest BCUT2D eigenvalue weighted by Crippen LogP contribution is -2.24. The van der Waals surface area contributed by atoms with Gasteiger partial charge >= 0.3 is 6.18 Å². The molecule has 0 fully saturated rings. The summed E-state index contributed by atoms with van der Waals surface area (Å²) in [6.07, 6.45) is -2.09. The number of halogens is 3. The Morgan fingerprint density at radius 3 is 2.68 bits per heavy atom. The number of hydrogen-bond donors (Lipinski definition) is 1. The number of aromatic nitrogens is 4. The van der Waals surface area contributed by atoms with Gasteiger partial charge in [-0.05, 0) is 32.0 Å². The van der Waals surface area contributed by atoms with Crippen molar-refractivity contribution in [3.63, 3.8) is 0 Å². The van der Waals surface area contributed by atoms with Gasteiger partial charge in [0.2, 0.25) is 11.0 Å². The van der Waals surface area contributed by atoms with E-state index in [1.807, 2.05) is 13.8 Å². The number of alkyl halides is 3. The van der Waals surface area contributed by atoms with Crippen LogP contribution in [0.2, 0.25) is 0 Å². The number of carbonyl (C=O) groups excluding carboxylic acids is 1. The molecule has 8 nitrogen and oxygen atoms in total. The normalized spacial score (nSPS) is 11.5. The molecule has 0 aliphatic heterocycles. The fourth-order valence-electron chi connectivity index (χ4n) is 2.51. The molecular formula is C19H19F3N6O2S. The minimum Gasteiger partial charge on any atom is -0.489 e. The lowest BCUT2D eigenvalue weighted by atomic mass is 10.2. The van der Waals surface area contributed by atoms with Crippen molar-refractivity contribution in [3.8, 4) is 17.3 Å². The van der Waals surface area contributed by atoms with Gasteiger partial charge in [-0.1, -0.05) is 0 Å². The van der Waals surface area contributed by atoms with E-state index < -0.39 is 23.5 Å². The first kappa shape index (κ1) is 22.4. The maximum atomic E-state index is 13.6. The predicted molar refractivity (Wildman–Crippen MR) is 111 cm³/mol. The van der Waals surface area contributed by atoms with Crippen LogP contribution in [0, 0.1) is 0 Å². The number of ether oxygens (including phenoxy) is 1. The summed E-state index contributed by atoms with van der Waals surface area (Å²) in [5.41, 5.74) is -0.633. The molecule has 0 radical (unpaired) electrons. The summed E-state index contributed by atoms with van der Waals surface area (Å²) in [4.78, 5) is 24.9. The van der Waals surface area contributed by atoms with Crippen LogP contribution in [0.1, 0.15) is 26.3 Å². The van der Waals surface area contributed by atoms with Gasteiger partial charge in [0.25, 0.3) is 0 Å². The van der Waals surface area contributed by atoms with Crippen molar-refractivity contribution in [2.45, 2.75) is 33.1 Å². The van der Waals surface area contributed by atoms with Crippen molar-refractivity contribution in [2.75, 3.05) is 17.3 Å². The monoisotopic (exact) mass is 452 g/mol. The van der Waals surface area contributed by atoms with Crippen LogP contribution in [0.4, 0.5) is 29.8 Å². The molecule has 1 N–H and O–H groups in total. The Hall–Kier alpha value is -3.28. The second kappa shape index (κ2) is 8.84. The molecule has 0 aliphatic carbocycles. The smallest absolute Gasteiger partial charge is 0.420 e.